The van der Waals surface area contributed by atoms with Gasteiger partial charge in [-0.1, -0.05) is 0 Å². The van der Waals surface area contributed by atoms with Crippen LogP contribution in [0, 0.1) is 0 Å². The number of ether oxygens (including phenoxy) is 2. The van der Waals surface area contributed by atoms with Crippen molar-refractivity contribution in [2.75, 3.05) is 33.6 Å². The summed E-state index contributed by atoms with van der Waals surface area (Å²) in [5.41, 5.74) is 0.999. The summed E-state index contributed by atoms with van der Waals surface area (Å²) in [5.74, 6) is 0.886. The first-order valence-electron chi connectivity index (χ1n) is 6.12. The van der Waals surface area contributed by atoms with Gasteiger partial charge >= 0.3 is 0 Å². The Kier molecular flexibility index (Phi) is 4.86. The Morgan fingerprint density at radius 2 is 2.33 bits per heavy atom. The molecule has 1 aliphatic rings. The van der Waals surface area contributed by atoms with Crippen molar-refractivity contribution in [2.45, 2.75) is 24.1 Å². The van der Waals surface area contributed by atoms with E-state index in [1.54, 1.807) is 11.8 Å². The molecule has 0 amide bonds. The van der Waals surface area contributed by atoms with Crippen molar-refractivity contribution in [1.29, 1.82) is 0 Å². The number of hydrogen-bond acceptors (Lipinski definition) is 5. The summed E-state index contributed by atoms with van der Waals surface area (Å²) in [6.45, 7) is 2.27. The SMILES string of the molecule is CSc1ccc(O[C@@H]2CCOC2)c(CN(C)C)n1. The molecule has 0 aromatic carbocycles. The molecule has 4 nitrogen and oxygen atoms in total. The van der Waals surface area contributed by atoms with Gasteiger partial charge in [-0.05, 0) is 32.5 Å². The van der Waals surface area contributed by atoms with Gasteiger partial charge in [0.1, 0.15) is 11.9 Å². The molecule has 18 heavy (non-hydrogen) atoms. The molecule has 0 radical (unpaired) electrons. The van der Waals surface area contributed by atoms with E-state index in [1.807, 2.05) is 32.5 Å². The fourth-order valence-corrected chi connectivity index (χ4v) is 2.29. The lowest BCUT2D eigenvalue weighted by atomic mass is 10.3. The first-order chi connectivity index (χ1) is 8.69. The molecule has 1 fully saturated rings. The summed E-state index contributed by atoms with van der Waals surface area (Å²) in [4.78, 5) is 6.73. The van der Waals surface area contributed by atoms with Crippen LogP contribution in [0.4, 0.5) is 0 Å². The Hall–Kier alpha value is -0.780. The summed E-state index contributed by atoms with van der Waals surface area (Å²) in [5, 5.41) is 1.03. The first kappa shape index (κ1) is 13.6. The van der Waals surface area contributed by atoms with Gasteiger partial charge in [0.05, 0.1) is 23.9 Å². The van der Waals surface area contributed by atoms with E-state index in [-0.39, 0.29) is 6.10 Å². The molecule has 1 atom stereocenters. The van der Waals surface area contributed by atoms with Gasteiger partial charge in [-0.3, -0.25) is 0 Å². The Morgan fingerprint density at radius 3 is 2.94 bits per heavy atom. The fraction of sp³-hybridized carbons (Fsp3) is 0.615. The lowest BCUT2D eigenvalue weighted by Crippen LogP contribution is -2.19. The van der Waals surface area contributed by atoms with E-state index in [0.717, 1.165) is 36.0 Å². The monoisotopic (exact) mass is 268 g/mol. The standard InChI is InChI=1S/C13H20N2O2S/c1-15(2)8-11-12(4-5-13(14-11)18-3)17-10-6-7-16-9-10/h4-5,10H,6-9H2,1-3H3/t10-/m1/s1. The van der Waals surface area contributed by atoms with E-state index in [9.17, 15) is 0 Å². The molecule has 100 valence electrons. The molecule has 1 aromatic rings. The average molecular weight is 268 g/mol. The first-order valence-corrected chi connectivity index (χ1v) is 7.34. The summed E-state index contributed by atoms with van der Waals surface area (Å²) >= 11 is 1.65. The molecule has 0 N–H and O–H groups in total. The zero-order chi connectivity index (χ0) is 13.0. The van der Waals surface area contributed by atoms with Crippen LogP contribution in [0.2, 0.25) is 0 Å². The zero-order valence-corrected chi connectivity index (χ0v) is 12.0. The van der Waals surface area contributed by atoms with Crippen molar-refractivity contribution in [3.8, 4) is 5.75 Å². The van der Waals surface area contributed by atoms with Crippen LogP contribution in [-0.4, -0.2) is 49.6 Å². The van der Waals surface area contributed by atoms with Crippen molar-refractivity contribution < 1.29 is 9.47 Å². The normalized spacial score (nSPS) is 19.4. The lowest BCUT2D eigenvalue weighted by molar-refractivity contribution is 0.139. The van der Waals surface area contributed by atoms with Crippen LogP contribution in [0.1, 0.15) is 12.1 Å². The van der Waals surface area contributed by atoms with E-state index >= 15 is 0 Å². The van der Waals surface area contributed by atoms with E-state index in [2.05, 4.69) is 9.88 Å². The molecule has 0 bridgehead atoms. The predicted molar refractivity (Wildman–Crippen MR) is 73.3 cm³/mol. The molecular formula is C13H20N2O2S. The van der Waals surface area contributed by atoms with Crippen LogP contribution >= 0.6 is 11.8 Å². The van der Waals surface area contributed by atoms with Gasteiger partial charge in [-0.25, -0.2) is 4.98 Å². The summed E-state index contributed by atoms with van der Waals surface area (Å²) < 4.78 is 11.3. The molecular weight excluding hydrogens is 248 g/mol. The molecule has 1 saturated heterocycles. The number of pyridine rings is 1. The van der Waals surface area contributed by atoms with Crippen LogP contribution < -0.4 is 4.74 Å². The molecule has 2 heterocycles. The summed E-state index contributed by atoms with van der Waals surface area (Å²) in [6.07, 6.45) is 3.17. The Balaban J connectivity index is 2.15. The summed E-state index contributed by atoms with van der Waals surface area (Å²) in [6, 6.07) is 4.03. The molecule has 2 rings (SSSR count). The molecule has 0 saturated carbocycles. The van der Waals surface area contributed by atoms with Crippen LogP contribution in [0.25, 0.3) is 0 Å². The third-order valence-corrected chi connectivity index (χ3v) is 3.41. The Labute approximate surface area is 113 Å². The van der Waals surface area contributed by atoms with Crippen LogP contribution in [0.5, 0.6) is 5.75 Å². The van der Waals surface area contributed by atoms with Gasteiger partial charge in [0.2, 0.25) is 0 Å². The topological polar surface area (TPSA) is 34.6 Å². The largest absolute Gasteiger partial charge is 0.486 e. The van der Waals surface area contributed by atoms with Gasteiger partial charge in [-0.2, -0.15) is 0 Å². The van der Waals surface area contributed by atoms with Crippen molar-refractivity contribution in [2.24, 2.45) is 0 Å². The second-order valence-electron chi connectivity index (χ2n) is 4.64. The smallest absolute Gasteiger partial charge is 0.142 e. The average Bonchev–Trinajstić information content (AvgIpc) is 2.83. The van der Waals surface area contributed by atoms with Crippen molar-refractivity contribution in [1.82, 2.24) is 9.88 Å². The molecule has 0 unspecified atom stereocenters. The van der Waals surface area contributed by atoms with Gasteiger partial charge in [0, 0.05) is 13.0 Å². The van der Waals surface area contributed by atoms with Crippen LogP contribution in [0.15, 0.2) is 17.2 Å². The molecule has 1 aliphatic heterocycles. The maximum atomic E-state index is 5.98. The minimum Gasteiger partial charge on any atom is -0.486 e. The quantitative estimate of drug-likeness (QED) is 0.763. The third-order valence-electron chi connectivity index (χ3n) is 2.76. The Morgan fingerprint density at radius 1 is 1.50 bits per heavy atom. The number of nitrogens with zero attached hydrogens (tertiary/aromatic N) is 2. The van der Waals surface area contributed by atoms with E-state index < -0.39 is 0 Å². The highest BCUT2D eigenvalue weighted by Gasteiger charge is 2.19. The van der Waals surface area contributed by atoms with Crippen molar-refractivity contribution in [3.63, 3.8) is 0 Å². The minimum absolute atomic E-state index is 0.174. The second-order valence-corrected chi connectivity index (χ2v) is 5.47. The van der Waals surface area contributed by atoms with Gasteiger partial charge in [-0.15, -0.1) is 11.8 Å². The Bertz CT molecular complexity index is 393. The lowest BCUT2D eigenvalue weighted by Gasteiger charge is -2.17. The zero-order valence-electron chi connectivity index (χ0n) is 11.2. The van der Waals surface area contributed by atoms with Crippen molar-refractivity contribution in [3.05, 3.63) is 17.8 Å². The van der Waals surface area contributed by atoms with Crippen molar-refractivity contribution >= 4 is 11.8 Å². The third kappa shape index (κ3) is 3.60. The van der Waals surface area contributed by atoms with E-state index in [1.165, 1.54) is 0 Å². The molecule has 0 aliphatic carbocycles. The molecule has 1 aromatic heterocycles. The number of aromatic nitrogens is 1. The maximum Gasteiger partial charge on any atom is 0.142 e. The molecule has 5 heteroatoms. The number of thioether (sulfide) groups is 1. The highest BCUT2D eigenvalue weighted by atomic mass is 32.2. The molecule has 0 spiro atoms. The van der Waals surface area contributed by atoms with Crippen LogP contribution in [-0.2, 0) is 11.3 Å². The summed E-state index contributed by atoms with van der Waals surface area (Å²) in [7, 11) is 4.08. The fourth-order valence-electron chi connectivity index (χ4n) is 1.89. The number of rotatable bonds is 5. The minimum atomic E-state index is 0.174. The maximum absolute atomic E-state index is 5.98. The second kappa shape index (κ2) is 6.41. The van der Waals surface area contributed by atoms with E-state index in [0.29, 0.717) is 6.61 Å². The highest BCUT2D eigenvalue weighted by molar-refractivity contribution is 7.98. The van der Waals surface area contributed by atoms with E-state index in [4.69, 9.17) is 9.47 Å². The van der Waals surface area contributed by atoms with Gasteiger partial charge < -0.3 is 14.4 Å². The van der Waals surface area contributed by atoms with Crippen LogP contribution in [0.3, 0.4) is 0 Å². The van der Waals surface area contributed by atoms with Gasteiger partial charge in [0.25, 0.3) is 0 Å². The van der Waals surface area contributed by atoms with Gasteiger partial charge in [0.15, 0.2) is 0 Å². The predicted octanol–water partition coefficient (Wildman–Crippen LogP) is 2.03. The number of hydrogen-bond donors (Lipinski definition) is 0. The highest BCUT2D eigenvalue weighted by Crippen LogP contribution is 2.24.